The summed E-state index contributed by atoms with van der Waals surface area (Å²) in [4.78, 5) is 16.4. The average Bonchev–Trinajstić information content (AvgIpc) is 3.32. The SMILES string of the molecule is O=C(CC1CCS(=O)(=O)C1)Nc1nc2cc(OCC3CCCO3)ccn2n1. The molecule has 0 saturated carbocycles. The molecule has 27 heavy (non-hydrogen) atoms. The zero-order valence-electron chi connectivity index (χ0n) is 14.8. The fourth-order valence-electron chi connectivity index (χ4n) is 3.44. The molecule has 2 fully saturated rings. The highest BCUT2D eigenvalue weighted by molar-refractivity contribution is 7.91. The van der Waals surface area contributed by atoms with Crippen molar-refractivity contribution in [3.63, 3.8) is 0 Å². The summed E-state index contributed by atoms with van der Waals surface area (Å²) in [5.74, 6) is 0.681. The largest absolute Gasteiger partial charge is 0.491 e. The van der Waals surface area contributed by atoms with Crippen LogP contribution in [0, 0.1) is 5.92 Å². The fourth-order valence-corrected chi connectivity index (χ4v) is 5.30. The molecule has 2 atom stereocenters. The van der Waals surface area contributed by atoms with Crippen molar-refractivity contribution in [2.24, 2.45) is 5.92 Å². The highest BCUT2D eigenvalue weighted by Gasteiger charge is 2.29. The molecule has 0 bridgehead atoms. The number of nitrogens with zero attached hydrogens (tertiary/aromatic N) is 3. The monoisotopic (exact) mass is 394 g/mol. The Balaban J connectivity index is 1.35. The van der Waals surface area contributed by atoms with Gasteiger partial charge in [0.25, 0.3) is 0 Å². The van der Waals surface area contributed by atoms with Crippen LogP contribution in [-0.4, -0.2) is 59.7 Å². The third-order valence-corrected chi connectivity index (χ3v) is 6.66. The van der Waals surface area contributed by atoms with E-state index >= 15 is 0 Å². The summed E-state index contributed by atoms with van der Waals surface area (Å²) >= 11 is 0. The van der Waals surface area contributed by atoms with E-state index in [2.05, 4.69) is 15.4 Å². The van der Waals surface area contributed by atoms with E-state index in [1.54, 1.807) is 22.8 Å². The van der Waals surface area contributed by atoms with Crippen LogP contribution in [0.15, 0.2) is 18.3 Å². The number of nitrogens with one attached hydrogen (secondary N) is 1. The van der Waals surface area contributed by atoms with E-state index in [1.165, 1.54) is 0 Å². The van der Waals surface area contributed by atoms with Gasteiger partial charge in [-0.15, -0.1) is 5.10 Å². The van der Waals surface area contributed by atoms with Crippen LogP contribution in [0.25, 0.3) is 5.65 Å². The lowest BCUT2D eigenvalue weighted by Crippen LogP contribution is -2.18. The molecule has 2 unspecified atom stereocenters. The fraction of sp³-hybridized carbons (Fsp3) is 0.588. The van der Waals surface area contributed by atoms with Gasteiger partial charge in [0.2, 0.25) is 11.9 Å². The minimum Gasteiger partial charge on any atom is -0.491 e. The van der Waals surface area contributed by atoms with E-state index in [0.717, 1.165) is 19.4 Å². The Morgan fingerprint density at radius 2 is 2.30 bits per heavy atom. The smallest absolute Gasteiger partial charge is 0.249 e. The topological polar surface area (TPSA) is 112 Å². The predicted molar refractivity (Wildman–Crippen MR) is 97.5 cm³/mol. The summed E-state index contributed by atoms with van der Waals surface area (Å²) in [6, 6.07) is 3.53. The standard InChI is InChI=1S/C17H22N4O5S/c22-16(8-12-4-7-27(23,24)11-12)19-17-18-15-9-13(3-5-21(15)20-17)26-10-14-2-1-6-25-14/h3,5,9,12,14H,1-2,4,6-8,10-11H2,(H,19,20,22). The molecule has 146 valence electrons. The lowest BCUT2D eigenvalue weighted by Gasteiger charge is -2.11. The van der Waals surface area contributed by atoms with Gasteiger partial charge < -0.3 is 9.47 Å². The van der Waals surface area contributed by atoms with Gasteiger partial charge in [-0.1, -0.05) is 0 Å². The van der Waals surface area contributed by atoms with Crippen LogP contribution in [0.2, 0.25) is 0 Å². The number of hydrogen-bond acceptors (Lipinski definition) is 7. The molecule has 2 aliphatic rings. The van der Waals surface area contributed by atoms with Gasteiger partial charge in [0.1, 0.15) is 12.4 Å². The first-order chi connectivity index (χ1) is 13.0. The maximum Gasteiger partial charge on any atom is 0.249 e. The first kappa shape index (κ1) is 18.2. The van der Waals surface area contributed by atoms with E-state index in [1.807, 2.05) is 0 Å². The maximum atomic E-state index is 12.1. The van der Waals surface area contributed by atoms with Crippen LogP contribution >= 0.6 is 0 Å². The minimum atomic E-state index is -2.99. The van der Waals surface area contributed by atoms with Crippen LogP contribution in [0.1, 0.15) is 25.7 Å². The number of aromatic nitrogens is 3. The van der Waals surface area contributed by atoms with Crippen LogP contribution < -0.4 is 10.1 Å². The highest BCUT2D eigenvalue weighted by atomic mass is 32.2. The van der Waals surface area contributed by atoms with E-state index in [4.69, 9.17) is 9.47 Å². The van der Waals surface area contributed by atoms with Gasteiger partial charge in [-0.25, -0.2) is 12.9 Å². The Kier molecular flexibility index (Phi) is 5.00. The number of fused-ring (bicyclic) bond motifs is 1. The minimum absolute atomic E-state index is 0.0738. The normalized spacial score (nSPS) is 24.3. The van der Waals surface area contributed by atoms with Gasteiger partial charge >= 0.3 is 0 Å². The van der Waals surface area contributed by atoms with E-state index in [-0.39, 0.29) is 41.8 Å². The predicted octanol–water partition coefficient (Wildman–Crippen LogP) is 1.05. The lowest BCUT2D eigenvalue weighted by molar-refractivity contribution is -0.116. The molecule has 2 aliphatic heterocycles. The number of rotatable bonds is 6. The van der Waals surface area contributed by atoms with Crippen molar-refractivity contribution in [1.29, 1.82) is 0 Å². The summed E-state index contributed by atoms with van der Waals surface area (Å²) in [6.45, 7) is 1.28. The molecule has 0 spiro atoms. The molecule has 4 heterocycles. The van der Waals surface area contributed by atoms with Gasteiger partial charge in [0, 0.05) is 25.3 Å². The van der Waals surface area contributed by atoms with Crippen LogP contribution in [0.5, 0.6) is 5.75 Å². The molecule has 2 aromatic heterocycles. The first-order valence-corrected chi connectivity index (χ1v) is 10.9. The molecular weight excluding hydrogens is 372 g/mol. The second kappa shape index (κ2) is 7.43. The molecule has 2 aromatic rings. The van der Waals surface area contributed by atoms with E-state index in [9.17, 15) is 13.2 Å². The van der Waals surface area contributed by atoms with Gasteiger partial charge in [0.15, 0.2) is 15.5 Å². The average molecular weight is 394 g/mol. The quantitative estimate of drug-likeness (QED) is 0.779. The molecule has 4 rings (SSSR count). The molecule has 0 aliphatic carbocycles. The number of anilines is 1. The number of pyridine rings is 1. The van der Waals surface area contributed by atoms with Crippen molar-refractivity contribution in [2.75, 3.05) is 30.0 Å². The van der Waals surface area contributed by atoms with Gasteiger partial charge in [0.05, 0.1) is 17.6 Å². The van der Waals surface area contributed by atoms with Crippen molar-refractivity contribution >= 4 is 27.3 Å². The van der Waals surface area contributed by atoms with Crippen LogP contribution in [0.3, 0.4) is 0 Å². The van der Waals surface area contributed by atoms with Crippen molar-refractivity contribution in [3.05, 3.63) is 18.3 Å². The molecule has 1 amide bonds. The van der Waals surface area contributed by atoms with Crippen molar-refractivity contribution in [3.8, 4) is 5.75 Å². The lowest BCUT2D eigenvalue weighted by atomic mass is 10.1. The van der Waals surface area contributed by atoms with Crippen LogP contribution in [0.4, 0.5) is 5.95 Å². The Bertz CT molecular complexity index is 936. The summed E-state index contributed by atoms with van der Waals surface area (Å²) in [5.41, 5.74) is 0.554. The Hall–Kier alpha value is -2.20. The molecule has 0 radical (unpaired) electrons. The molecule has 0 aromatic carbocycles. The maximum absolute atomic E-state index is 12.1. The summed E-state index contributed by atoms with van der Waals surface area (Å²) in [6.07, 6.45) is 4.60. The molecule has 9 nitrogen and oxygen atoms in total. The van der Waals surface area contributed by atoms with Gasteiger partial charge in [-0.2, -0.15) is 4.98 Å². The Labute approximate surface area is 157 Å². The zero-order valence-corrected chi connectivity index (χ0v) is 15.7. The molecule has 10 heteroatoms. The van der Waals surface area contributed by atoms with Crippen molar-refractivity contribution in [2.45, 2.75) is 31.8 Å². The van der Waals surface area contributed by atoms with Crippen molar-refractivity contribution < 1.29 is 22.7 Å². The first-order valence-electron chi connectivity index (χ1n) is 9.08. The Morgan fingerprint density at radius 1 is 1.41 bits per heavy atom. The second-order valence-corrected chi connectivity index (χ2v) is 9.30. The number of amides is 1. The van der Waals surface area contributed by atoms with Gasteiger partial charge in [-0.05, 0) is 31.2 Å². The second-order valence-electron chi connectivity index (χ2n) is 7.07. The zero-order chi connectivity index (χ0) is 18.9. The molecule has 2 saturated heterocycles. The third kappa shape index (κ3) is 4.56. The third-order valence-electron chi connectivity index (χ3n) is 4.82. The van der Waals surface area contributed by atoms with Gasteiger partial charge in [-0.3, -0.25) is 10.1 Å². The number of ether oxygens (including phenoxy) is 2. The number of carbonyl (C=O) groups excluding carboxylic acids is 1. The van der Waals surface area contributed by atoms with E-state index in [0.29, 0.717) is 24.4 Å². The number of sulfone groups is 1. The molecule has 1 N–H and O–H groups in total. The van der Waals surface area contributed by atoms with E-state index < -0.39 is 9.84 Å². The number of carbonyl (C=O) groups is 1. The highest BCUT2D eigenvalue weighted by Crippen LogP contribution is 2.22. The summed E-state index contributed by atoms with van der Waals surface area (Å²) in [5, 5.41) is 6.85. The summed E-state index contributed by atoms with van der Waals surface area (Å²) in [7, 11) is -2.99. The van der Waals surface area contributed by atoms with Crippen LogP contribution in [-0.2, 0) is 19.4 Å². The van der Waals surface area contributed by atoms with Crippen molar-refractivity contribution in [1.82, 2.24) is 14.6 Å². The summed E-state index contributed by atoms with van der Waals surface area (Å²) < 4.78 is 35.8. The number of hydrogen-bond donors (Lipinski definition) is 1. The molecular formula is C17H22N4O5S. The Morgan fingerprint density at radius 3 is 3.04 bits per heavy atom.